The molecule has 6 nitrogen and oxygen atoms in total. The predicted molar refractivity (Wildman–Crippen MR) is 72.5 cm³/mol. The first-order chi connectivity index (χ1) is 9.46. The molecule has 0 radical (unpaired) electrons. The van der Waals surface area contributed by atoms with Crippen molar-refractivity contribution in [3.8, 4) is 0 Å². The van der Waals surface area contributed by atoms with Crippen LogP contribution in [-0.2, 0) is 25.6 Å². The molecule has 0 spiro atoms. The molecule has 7 heteroatoms. The van der Waals surface area contributed by atoms with Crippen LogP contribution in [0.3, 0.4) is 0 Å². The van der Waals surface area contributed by atoms with E-state index in [4.69, 9.17) is 8.92 Å². The molecular weight excluding hydrogens is 282 g/mol. The second kappa shape index (κ2) is 6.23. The van der Waals surface area contributed by atoms with Crippen molar-refractivity contribution >= 4 is 16.2 Å². The molecular formula is C13H17NO5S. The molecule has 0 saturated carbocycles. The third kappa shape index (κ3) is 4.21. The van der Waals surface area contributed by atoms with Gasteiger partial charge in [-0.05, 0) is 12.0 Å². The van der Waals surface area contributed by atoms with Gasteiger partial charge in [0.25, 0.3) is 10.1 Å². The topological polar surface area (TPSA) is 72.9 Å². The zero-order chi connectivity index (χ0) is 14.6. The summed E-state index contributed by atoms with van der Waals surface area (Å²) >= 11 is 0. The van der Waals surface area contributed by atoms with Crippen molar-refractivity contribution in [1.82, 2.24) is 4.90 Å². The summed E-state index contributed by atoms with van der Waals surface area (Å²) in [5, 5.41) is 0. The van der Waals surface area contributed by atoms with E-state index in [1.54, 1.807) is 0 Å². The van der Waals surface area contributed by atoms with E-state index in [1.165, 1.54) is 4.90 Å². The highest BCUT2D eigenvalue weighted by atomic mass is 32.2. The van der Waals surface area contributed by atoms with Gasteiger partial charge in [-0.1, -0.05) is 30.3 Å². The molecule has 1 aromatic carbocycles. The van der Waals surface area contributed by atoms with Crippen molar-refractivity contribution in [3.63, 3.8) is 0 Å². The zero-order valence-electron chi connectivity index (χ0n) is 11.2. The Hall–Kier alpha value is -1.60. The van der Waals surface area contributed by atoms with Crippen LogP contribution in [0, 0.1) is 0 Å². The summed E-state index contributed by atoms with van der Waals surface area (Å²) in [5.41, 5.74) is 0.908. The largest absolute Gasteiger partial charge is 0.445 e. The van der Waals surface area contributed by atoms with Gasteiger partial charge < -0.3 is 9.64 Å². The molecule has 0 aromatic heterocycles. The number of amides is 1. The van der Waals surface area contributed by atoms with Crippen molar-refractivity contribution in [3.05, 3.63) is 35.9 Å². The molecule has 1 heterocycles. The number of benzene rings is 1. The molecule has 0 bridgehead atoms. The van der Waals surface area contributed by atoms with Crippen LogP contribution in [-0.4, -0.2) is 44.9 Å². The van der Waals surface area contributed by atoms with Gasteiger partial charge in [0.15, 0.2) is 0 Å². The minimum atomic E-state index is -3.48. The van der Waals surface area contributed by atoms with Crippen LogP contribution in [0.1, 0.15) is 12.0 Å². The van der Waals surface area contributed by atoms with E-state index in [1.807, 2.05) is 30.3 Å². The number of likely N-dealkylation sites (tertiary alicyclic amines) is 1. The van der Waals surface area contributed by atoms with Gasteiger partial charge in [0.1, 0.15) is 6.61 Å². The standard InChI is InChI=1S/C13H17NO5S/c1-20(16,17)19-10-12-7-8-14(12)13(15)18-9-11-5-3-2-4-6-11/h2-6,12H,7-10H2,1H3. The highest BCUT2D eigenvalue weighted by Gasteiger charge is 2.34. The lowest BCUT2D eigenvalue weighted by molar-refractivity contribution is 0.0270. The van der Waals surface area contributed by atoms with Gasteiger partial charge in [0, 0.05) is 6.54 Å². The summed E-state index contributed by atoms with van der Waals surface area (Å²) < 4.78 is 31.7. The molecule has 2 rings (SSSR count). The summed E-state index contributed by atoms with van der Waals surface area (Å²) in [4.78, 5) is 13.3. The first-order valence-corrected chi connectivity index (χ1v) is 8.09. The summed E-state index contributed by atoms with van der Waals surface area (Å²) in [6, 6.07) is 9.14. The van der Waals surface area contributed by atoms with Crippen LogP contribution in [0.15, 0.2) is 30.3 Å². The normalized spacial score (nSPS) is 18.4. The van der Waals surface area contributed by atoms with Gasteiger partial charge in [0.05, 0.1) is 18.9 Å². The van der Waals surface area contributed by atoms with Crippen molar-refractivity contribution in [2.45, 2.75) is 19.1 Å². The molecule has 1 saturated heterocycles. The molecule has 110 valence electrons. The second-order valence-electron chi connectivity index (χ2n) is 4.66. The highest BCUT2D eigenvalue weighted by molar-refractivity contribution is 7.85. The maximum atomic E-state index is 11.8. The van der Waals surface area contributed by atoms with E-state index < -0.39 is 16.2 Å². The summed E-state index contributed by atoms with van der Waals surface area (Å²) in [6.07, 6.45) is 1.27. The molecule has 1 atom stereocenters. The maximum Gasteiger partial charge on any atom is 0.410 e. The number of ether oxygens (including phenoxy) is 1. The molecule has 1 unspecified atom stereocenters. The molecule has 1 amide bonds. The average Bonchev–Trinajstić information content (AvgIpc) is 2.35. The number of nitrogens with zero attached hydrogens (tertiary/aromatic N) is 1. The van der Waals surface area contributed by atoms with Crippen LogP contribution in [0.4, 0.5) is 4.79 Å². The monoisotopic (exact) mass is 299 g/mol. The summed E-state index contributed by atoms with van der Waals surface area (Å²) in [5.74, 6) is 0. The minimum absolute atomic E-state index is 0.0146. The van der Waals surface area contributed by atoms with Crippen molar-refractivity contribution in [1.29, 1.82) is 0 Å². The van der Waals surface area contributed by atoms with E-state index >= 15 is 0 Å². The molecule has 0 aliphatic carbocycles. The zero-order valence-corrected chi connectivity index (χ0v) is 12.0. The number of hydrogen-bond acceptors (Lipinski definition) is 5. The van der Waals surface area contributed by atoms with Gasteiger partial charge in [-0.25, -0.2) is 4.79 Å². The van der Waals surface area contributed by atoms with Gasteiger partial charge in [-0.3, -0.25) is 4.18 Å². The highest BCUT2D eigenvalue weighted by Crippen LogP contribution is 2.19. The SMILES string of the molecule is CS(=O)(=O)OCC1CCN1C(=O)OCc1ccccc1. The third-order valence-corrected chi connectivity index (χ3v) is 3.62. The fraction of sp³-hybridized carbons (Fsp3) is 0.462. The van der Waals surface area contributed by atoms with E-state index in [0.29, 0.717) is 6.54 Å². The minimum Gasteiger partial charge on any atom is -0.445 e. The van der Waals surface area contributed by atoms with Gasteiger partial charge in [-0.15, -0.1) is 0 Å². The molecule has 1 aliphatic heterocycles. The van der Waals surface area contributed by atoms with Crippen molar-refractivity contribution in [2.24, 2.45) is 0 Å². The smallest absolute Gasteiger partial charge is 0.410 e. The van der Waals surface area contributed by atoms with E-state index in [-0.39, 0.29) is 19.3 Å². The first-order valence-electron chi connectivity index (χ1n) is 6.27. The van der Waals surface area contributed by atoms with Gasteiger partial charge >= 0.3 is 6.09 Å². The number of carbonyl (C=O) groups is 1. The molecule has 1 fully saturated rings. The van der Waals surface area contributed by atoms with Crippen molar-refractivity contribution in [2.75, 3.05) is 19.4 Å². The average molecular weight is 299 g/mol. The van der Waals surface area contributed by atoms with Crippen LogP contribution in [0.2, 0.25) is 0 Å². The van der Waals surface area contributed by atoms with E-state index in [0.717, 1.165) is 18.2 Å². The Labute approximate surface area is 118 Å². The Bertz CT molecular complexity index is 557. The van der Waals surface area contributed by atoms with Crippen molar-refractivity contribution < 1.29 is 22.1 Å². The van der Waals surface area contributed by atoms with Crippen LogP contribution in [0.25, 0.3) is 0 Å². The molecule has 1 aliphatic rings. The number of hydrogen-bond donors (Lipinski definition) is 0. The van der Waals surface area contributed by atoms with Crippen LogP contribution in [0.5, 0.6) is 0 Å². The Balaban J connectivity index is 1.78. The van der Waals surface area contributed by atoms with E-state index in [2.05, 4.69) is 0 Å². The van der Waals surface area contributed by atoms with Crippen LogP contribution < -0.4 is 0 Å². The lowest BCUT2D eigenvalue weighted by atomic mass is 10.1. The Kier molecular flexibility index (Phi) is 4.61. The van der Waals surface area contributed by atoms with Gasteiger partial charge in [0.2, 0.25) is 0 Å². The Morgan fingerprint density at radius 3 is 2.60 bits per heavy atom. The lowest BCUT2D eigenvalue weighted by Crippen LogP contribution is -2.53. The van der Waals surface area contributed by atoms with E-state index in [9.17, 15) is 13.2 Å². The molecule has 1 aromatic rings. The summed E-state index contributed by atoms with van der Waals surface area (Å²) in [7, 11) is -3.48. The molecule has 20 heavy (non-hydrogen) atoms. The number of rotatable bonds is 5. The van der Waals surface area contributed by atoms with Crippen LogP contribution >= 0.6 is 0 Å². The predicted octanol–water partition coefficient (Wildman–Crippen LogP) is 1.37. The summed E-state index contributed by atoms with van der Waals surface area (Å²) in [6.45, 7) is 0.751. The second-order valence-corrected chi connectivity index (χ2v) is 6.31. The first kappa shape index (κ1) is 14.8. The maximum absolute atomic E-state index is 11.8. The molecule has 0 N–H and O–H groups in total. The number of carbonyl (C=O) groups excluding carboxylic acids is 1. The fourth-order valence-electron chi connectivity index (χ4n) is 1.86. The Morgan fingerprint density at radius 2 is 2.05 bits per heavy atom. The van der Waals surface area contributed by atoms with Gasteiger partial charge in [-0.2, -0.15) is 8.42 Å². The Morgan fingerprint density at radius 1 is 1.35 bits per heavy atom. The third-order valence-electron chi connectivity index (χ3n) is 3.06. The lowest BCUT2D eigenvalue weighted by Gasteiger charge is -2.39. The fourth-order valence-corrected chi connectivity index (χ4v) is 2.26. The quantitative estimate of drug-likeness (QED) is 0.768.